The Hall–Kier alpha value is -4.01. The second-order valence-corrected chi connectivity index (χ2v) is 9.95. The van der Waals surface area contributed by atoms with Gasteiger partial charge >= 0.3 is 0 Å². The summed E-state index contributed by atoms with van der Waals surface area (Å²) in [5.74, 6) is -0.226. The number of nitrogens with one attached hydrogen (secondary N) is 3. The third-order valence-corrected chi connectivity index (χ3v) is 6.95. The van der Waals surface area contributed by atoms with Gasteiger partial charge in [0.25, 0.3) is 5.91 Å². The standard InChI is InChI=1S/C29H31ClN6O2/c1-19-26(18-35(2)34-19)29(38)33-23-9-12-28(27(30)17-23)32-22-5-3-20(4-6-22)31-21-7-10-24(11-8-21)36-15-13-25(37)14-16-36/h3-12,17-18,25,31-32,37H,13-16H2,1-2H3,(H,33,38). The smallest absolute Gasteiger partial charge is 0.259 e. The van der Waals surface area contributed by atoms with Gasteiger partial charge in [-0.05, 0) is 86.5 Å². The lowest BCUT2D eigenvalue weighted by Gasteiger charge is -2.31. The molecule has 1 aliphatic heterocycles. The third-order valence-electron chi connectivity index (χ3n) is 6.63. The van der Waals surface area contributed by atoms with Crippen LogP contribution in [0.15, 0.2) is 72.9 Å². The van der Waals surface area contributed by atoms with Gasteiger partial charge in [-0.2, -0.15) is 5.10 Å². The molecule has 8 nitrogen and oxygen atoms in total. The number of anilines is 6. The van der Waals surface area contributed by atoms with Crippen LogP contribution in [0, 0.1) is 6.92 Å². The predicted molar refractivity (Wildman–Crippen MR) is 154 cm³/mol. The van der Waals surface area contributed by atoms with E-state index in [1.54, 1.807) is 30.9 Å². The number of benzene rings is 3. The molecule has 3 aromatic carbocycles. The van der Waals surface area contributed by atoms with Crippen molar-refractivity contribution in [2.75, 3.05) is 33.9 Å². The van der Waals surface area contributed by atoms with E-state index in [4.69, 9.17) is 11.6 Å². The second kappa shape index (κ2) is 11.2. The molecule has 0 bridgehead atoms. The van der Waals surface area contributed by atoms with Crippen molar-refractivity contribution in [3.05, 3.63) is 89.2 Å². The minimum atomic E-state index is -0.226. The fraction of sp³-hybridized carbons (Fsp3) is 0.241. The number of aliphatic hydroxyl groups excluding tert-OH is 1. The minimum absolute atomic E-state index is 0.171. The highest BCUT2D eigenvalue weighted by Gasteiger charge is 2.17. The molecule has 4 N–H and O–H groups in total. The van der Waals surface area contributed by atoms with Crippen molar-refractivity contribution in [1.82, 2.24) is 9.78 Å². The number of piperidine rings is 1. The fourth-order valence-electron chi connectivity index (χ4n) is 4.55. The van der Waals surface area contributed by atoms with E-state index >= 15 is 0 Å². The van der Waals surface area contributed by atoms with Crippen LogP contribution in [0.25, 0.3) is 0 Å². The molecule has 0 spiro atoms. The molecule has 1 aliphatic rings. The first-order valence-corrected chi connectivity index (χ1v) is 13.0. The monoisotopic (exact) mass is 530 g/mol. The molecule has 196 valence electrons. The van der Waals surface area contributed by atoms with E-state index in [1.165, 1.54) is 5.69 Å². The van der Waals surface area contributed by atoms with Crippen molar-refractivity contribution in [2.45, 2.75) is 25.9 Å². The summed E-state index contributed by atoms with van der Waals surface area (Å²) in [6.07, 6.45) is 3.16. The van der Waals surface area contributed by atoms with Crippen LogP contribution in [0.4, 0.5) is 34.1 Å². The van der Waals surface area contributed by atoms with Crippen molar-refractivity contribution in [3.8, 4) is 0 Å². The van der Waals surface area contributed by atoms with Gasteiger partial charge in [0.15, 0.2) is 0 Å². The fourth-order valence-corrected chi connectivity index (χ4v) is 4.78. The number of aryl methyl sites for hydroxylation is 2. The first-order chi connectivity index (χ1) is 18.3. The van der Waals surface area contributed by atoms with Crippen LogP contribution < -0.4 is 20.9 Å². The highest BCUT2D eigenvalue weighted by atomic mass is 35.5. The number of amides is 1. The van der Waals surface area contributed by atoms with Crippen molar-refractivity contribution >= 4 is 51.6 Å². The lowest BCUT2D eigenvalue weighted by Crippen LogP contribution is -2.35. The maximum Gasteiger partial charge on any atom is 0.259 e. The van der Waals surface area contributed by atoms with E-state index in [2.05, 4.69) is 50.2 Å². The van der Waals surface area contributed by atoms with E-state index in [0.717, 1.165) is 48.7 Å². The Morgan fingerprint density at radius 2 is 1.50 bits per heavy atom. The number of carbonyl (C=O) groups is 1. The predicted octanol–water partition coefficient (Wildman–Crippen LogP) is 6.08. The maximum absolute atomic E-state index is 12.6. The Morgan fingerprint density at radius 3 is 2.08 bits per heavy atom. The van der Waals surface area contributed by atoms with Gasteiger partial charge in [0.2, 0.25) is 0 Å². The maximum atomic E-state index is 12.6. The zero-order valence-electron chi connectivity index (χ0n) is 21.4. The topological polar surface area (TPSA) is 94.5 Å². The van der Waals surface area contributed by atoms with Crippen LogP contribution in [0.5, 0.6) is 0 Å². The van der Waals surface area contributed by atoms with Crippen molar-refractivity contribution in [1.29, 1.82) is 0 Å². The van der Waals surface area contributed by atoms with Crippen molar-refractivity contribution < 1.29 is 9.90 Å². The van der Waals surface area contributed by atoms with Gasteiger partial charge in [0.1, 0.15) is 0 Å². The molecule has 9 heteroatoms. The molecule has 4 aromatic rings. The molecule has 0 aliphatic carbocycles. The first-order valence-electron chi connectivity index (χ1n) is 12.6. The van der Waals surface area contributed by atoms with Gasteiger partial charge in [-0.3, -0.25) is 9.48 Å². The Balaban J connectivity index is 1.17. The van der Waals surface area contributed by atoms with Crippen LogP contribution in [-0.2, 0) is 7.05 Å². The molecule has 2 heterocycles. The second-order valence-electron chi connectivity index (χ2n) is 9.54. The number of nitrogens with zero attached hydrogens (tertiary/aromatic N) is 3. The van der Waals surface area contributed by atoms with Gasteiger partial charge in [0.05, 0.1) is 28.1 Å². The number of hydrogen-bond acceptors (Lipinski definition) is 6. The average Bonchev–Trinajstić information content (AvgIpc) is 3.25. The van der Waals surface area contributed by atoms with Crippen LogP contribution in [0.2, 0.25) is 5.02 Å². The number of aliphatic hydroxyl groups is 1. The highest BCUT2D eigenvalue weighted by molar-refractivity contribution is 6.33. The van der Waals surface area contributed by atoms with Crippen LogP contribution in [-0.4, -0.2) is 40.0 Å². The molecule has 1 aromatic heterocycles. The Labute approximate surface area is 227 Å². The molecule has 0 radical (unpaired) electrons. The van der Waals surface area contributed by atoms with Crippen LogP contribution in [0.3, 0.4) is 0 Å². The molecule has 0 unspecified atom stereocenters. The number of hydrogen-bond donors (Lipinski definition) is 4. The lowest BCUT2D eigenvalue weighted by atomic mass is 10.1. The summed E-state index contributed by atoms with van der Waals surface area (Å²) in [6, 6.07) is 21.7. The van der Waals surface area contributed by atoms with E-state index < -0.39 is 0 Å². The van der Waals surface area contributed by atoms with E-state index in [-0.39, 0.29) is 12.0 Å². The Bertz CT molecular complexity index is 1410. The zero-order valence-corrected chi connectivity index (χ0v) is 22.2. The summed E-state index contributed by atoms with van der Waals surface area (Å²) in [5.41, 5.74) is 6.59. The van der Waals surface area contributed by atoms with Gasteiger partial charge in [-0.25, -0.2) is 0 Å². The number of halogens is 1. The molecular formula is C29H31ClN6O2. The summed E-state index contributed by atoms with van der Waals surface area (Å²) in [7, 11) is 1.78. The molecule has 5 rings (SSSR count). The highest BCUT2D eigenvalue weighted by Crippen LogP contribution is 2.30. The summed E-state index contributed by atoms with van der Waals surface area (Å²) in [6.45, 7) is 3.57. The molecule has 1 fully saturated rings. The van der Waals surface area contributed by atoms with Crippen molar-refractivity contribution in [2.24, 2.45) is 7.05 Å². The molecular weight excluding hydrogens is 500 g/mol. The van der Waals surface area contributed by atoms with Crippen LogP contribution >= 0.6 is 11.6 Å². The zero-order chi connectivity index (χ0) is 26.6. The minimum Gasteiger partial charge on any atom is -0.393 e. The molecule has 38 heavy (non-hydrogen) atoms. The van der Waals surface area contributed by atoms with E-state index in [9.17, 15) is 9.90 Å². The summed E-state index contributed by atoms with van der Waals surface area (Å²) < 4.78 is 1.62. The summed E-state index contributed by atoms with van der Waals surface area (Å²) in [5, 5.41) is 24.1. The van der Waals surface area contributed by atoms with E-state index in [1.807, 2.05) is 36.4 Å². The van der Waals surface area contributed by atoms with Crippen LogP contribution in [0.1, 0.15) is 28.9 Å². The molecule has 1 amide bonds. The van der Waals surface area contributed by atoms with Crippen molar-refractivity contribution in [3.63, 3.8) is 0 Å². The SMILES string of the molecule is Cc1nn(C)cc1C(=O)Nc1ccc(Nc2ccc(Nc3ccc(N4CCC(O)CC4)cc3)cc2)c(Cl)c1. The normalized spacial score (nSPS) is 13.8. The Morgan fingerprint density at radius 1 is 0.921 bits per heavy atom. The largest absolute Gasteiger partial charge is 0.393 e. The lowest BCUT2D eigenvalue weighted by molar-refractivity contribution is 0.102. The quantitative estimate of drug-likeness (QED) is 0.231. The third kappa shape index (κ3) is 6.10. The van der Waals surface area contributed by atoms with Gasteiger partial charge in [0, 0.05) is 54.8 Å². The number of rotatable bonds is 7. The van der Waals surface area contributed by atoms with Gasteiger partial charge in [-0.1, -0.05) is 11.6 Å². The molecule has 1 saturated heterocycles. The Kier molecular flexibility index (Phi) is 7.53. The molecule has 0 saturated carbocycles. The average molecular weight is 531 g/mol. The first kappa shape index (κ1) is 25.6. The molecule has 0 atom stereocenters. The number of carbonyl (C=O) groups excluding carboxylic acids is 1. The van der Waals surface area contributed by atoms with E-state index in [0.29, 0.717) is 22.0 Å². The summed E-state index contributed by atoms with van der Waals surface area (Å²) in [4.78, 5) is 14.9. The summed E-state index contributed by atoms with van der Waals surface area (Å²) >= 11 is 6.50. The van der Waals surface area contributed by atoms with Gasteiger partial charge < -0.3 is 26.0 Å². The van der Waals surface area contributed by atoms with Gasteiger partial charge in [-0.15, -0.1) is 0 Å². The number of aromatic nitrogens is 2.